The van der Waals surface area contributed by atoms with Gasteiger partial charge in [0.2, 0.25) is 5.88 Å². The minimum atomic E-state index is -0.216. The maximum Gasteiger partial charge on any atom is 0.243 e. The van der Waals surface area contributed by atoms with Gasteiger partial charge < -0.3 is 4.74 Å². The van der Waals surface area contributed by atoms with Crippen molar-refractivity contribution < 1.29 is 9.53 Å². The van der Waals surface area contributed by atoms with Gasteiger partial charge in [-0.2, -0.15) is 0 Å². The van der Waals surface area contributed by atoms with Gasteiger partial charge in [0.15, 0.2) is 11.5 Å². The largest absolute Gasteiger partial charge is 0.479 e. The fourth-order valence-electron chi connectivity index (χ4n) is 2.07. The maximum absolute atomic E-state index is 12.6. The normalized spacial score (nSPS) is 11.9. The second-order valence-corrected chi connectivity index (χ2v) is 4.15. The summed E-state index contributed by atoms with van der Waals surface area (Å²) in [7, 11) is 1.49. The van der Waals surface area contributed by atoms with Crippen LogP contribution >= 0.6 is 0 Å². The summed E-state index contributed by atoms with van der Waals surface area (Å²) in [5.74, 6) is 0.00679. The van der Waals surface area contributed by atoms with Crippen molar-refractivity contribution in [1.29, 1.82) is 0 Å². The summed E-state index contributed by atoms with van der Waals surface area (Å²) in [5.41, 5.74) is 1.28. The van der Waals surface area contributed by atoms with Gasteiger partial charge in [-0.05, 0) is 12.0 Å². The van der Waals surface area contributed by atoms with Crippen LogP contribution in [0.3, 0.4) is 0 Å². The summed E-state index contributed by atoms with van der Waals surface area (Å²) in [4.78, 5) is 20.7. The minimum absolute atomic E-state index is 0.0568. The number of benzene rings is 1. The lowest BCUT2D eigenvalue weighted by molar-refractivity contribution is 0.0948. The van der Waals surface area contributed by atoms with Crippen molar-refractivity contribution in [2.75, 3.05) is 7.11 Å². The average Bonchev–Trinajstić information content (AvgIpc) is 2.49. The lowest BCUT2D eigenvalue weighted by Gasteiger charge is -2.14. The molecule has 0 spiro atoms. The Balaban J connectivity index is 2.36. The van der Waals surface area contributed by atoms with Crippen molar-refractivity contribution in [2.45, 2.75) is 19.3 Å². The maximum atomic E-state index is 12.6. The van der Waals surface area contributed by atoms with Crippen LogP contribution < -0.4 is 4.74 Å². The average molecular weight is 256 g/mol. The van der Waals surface area contributed by atoms with Crippen LogP contribution in [0.5, 0.6) is 5.88 Å². The van der Waals surface area contributed by atoms with Crippen molar-refractivity contribution in [1.82, 2.24) is 9.97 Å². The molecule has 1 atom stereocenters. The summed E-state index contributed by atoms with van der Waals surface area (Å²) in [6, 6.07) is 9.70. The molecule has 98 valence electrons. The molecule has 0 amide bonds. The molecule has 19 heavy (non-hydrogen) atoms. The number of ether oxygens (including phenoxy) is 1. The van der Waals surface area contributed by atoms with Gasteiger partial charge in [0.1, 0.15) is 0 Å². The third kappa shape index (κ3) is 2.78. The van der Waals surface area contributed by atoms with Crippen LogP contribution in [-0.2, 0) is 0 Å². The van der Waals surface area contributed by atoms with Crippen molar-refractivity contribution >= 4 is 5.78 Å². The van der Waals surface area contributed by atoms with Crippen LogP contribution in [0.1, 0.15) is 35.3 Å². The van der Waals surface area contributed by atoms with E-state index in [-0.39, 0.29) is 17.6 Å². The Bertz CT molecular complexity index is 555. The van der Waals surface area contributed by atoms with Crippen LogP contribution in [0.25, 0.3) is 0 Å². The van der Waals surface area contributed by atoms with E-state index in [0.717, 1.165) is 5.56 Å². The van der Waals surface area contributed by atoms with Gasteiger partial charge in [-0.15, -0.1) is 0 Å². The summed E-state index contributed by atoms with van der Waals surface area (Å²) >= 11 is 0. The Morgan fingerprint density at radius 1 is 1.21 bits per heavy atom. The molecule has 0 saturated carbocycles. The van der Waals surface area contributed by atoms with E-state index in [4.69, 9.17) is 4.74 Å². The molecule has 1 heterocycles. The Morgan fingerprint density at radius 3 is 2.53 bits per heavy atom. The monoisotopic (exact) mass is 256 g/mol. The smallest absolute Gasteiger partial charge is 0.243 e. The van der Waals surface area contributed by atoms with Gasteiger partial charge in [0.05, 0.1) is 7.11 Å². The highest BCUT2D eigenvalue weighted by atomic mass is 16.5. The molecular weight excluding hydrogens is 240 g/mol. The van der Waals surface area contributed by atoms with Gasteiger partial charge in [-0.1, -0.05) is 37.3 Å². The number of Topliss-reactive ketones (excluding diaryl/α,β-unsaturated/α-hetero) is 1. The van der Waals surface area contributed by atoms with E-state index in [9.17, 15) is 4.79 Å². The Kier molecular flexibility index (Phi) is 4.23. The van der Waals surface area contributed by atoms with Crippen LogP contribution in [0.2, 0.25) is 0 Å². The van der Waals surface area contributed by atoms with E-state index < -0.39 is 0 Å². The molecule has 4 nitrogen and oxygen atoms in total. The summed E-state index contributed by atoms with van der Waals surface area (Å²) < 4.78 is 5.10. The standard InChI is InChI=1S/C15H16N2O2/c1-3-12(11-7-5-4-6-8-11)14(18)13-15(19-2)17-10-9-16-13/h4-10,12H,3H2,1-2H3. The van der Waals surface area contributed by atoms with E-state index >= 15 is 0 Å². The van der Waals surface area contributed by atoms with E-state index in [1.54, 1.807) is 0 Å². The molecule has 2 rings (SSSR count). The number of rotatable bonds is 5. The van der Waals surface area contributed by atoms with Gasteiger partial charge >= 0.3 is 0 Å². The number of nitrogens with zero attached hydrogens (tertiary/aromatic N) is 2. The minimum Gasteiger partial charge on any atom is -0.479 e. The molecule has 0 bridgehead atoms. The fraction of sp³-hybridized carbons (Fsp3) is 0.267. The summed E-state index contributed by atoms with van der Waals surface area (Å²) in [6.45, 7) is 1.98. The number of aromatic nitrogens is 2. The molecule has 0 saturated heterocycles. The highest BCUT2D eigenvalue weighted by Crippen LogP contribution is 2.26. The van der Waals surface area contributed by atoms with E-state index in [1.165, 1.54) is 19.5 Å². The number of carbonyl (C=O) groups is 1. The Hall–Kier alpha value is -2.23. The second-order valence-electron chi connectivity index (χ2n) is 4.15. The Morgan fingerprint density at radius 2 is 1.89 bits per heavy atom. The van der Waals surface area contributed by atoms with Crippen LogP contribution in [0.4, 0.5) is 0 Å². The number of ketones is 1. The molecular formula is C15H16N2O2. The van der Waals surface area contributed by atoms with E-state index in [0.29, 0.717) is 12.1 Å². The fourth-order valence-corrected chi connectivity index (χ4v) is 2.07. The van der Waals surface area contributed by atoms with E-state index in [1.807, 2.05) is 37.3 Å². The molecule has 0 radical (unpaired) electrons. The van der Waals surface area contributed by atoms with Crippen LogP contribution in [0, 0.1) is 0 Å². The highest BCUT2D eigenvalue weighted by molar-refractivity contribution is 6.01. The molecule has 2 aromatic rings. The first kappa shape index (κ1) is 13.2. The predicted molar refractivity (Wildman–Crippen MR) is 72.4 cm³/mol. The predicted octanol–water partition coefficient (Wildman–Crippen LogP) is 2.86. The Labute approximate surface area is 112 Å². The molecule has 0 aliphatic heterocycles. The molecule has 0 fully saturated rings. The van der Waals surface area contributed by atoms with Crippen molar-refractivity contribution in [3.63, 3.8) is 0 Å². The van der Waals surface area contributed by atoms with Crippen molar-refractivity contribution in [3.8, 4) is 5.88 Å². The molecule has 4 heteroatoms. The van der Waals surface area contributed by atoms with Gasteiger partial charge in [-0.3, -0.25) is 4.79 Å². The highest BCUT2D eigenvalue weighted by Gasteiger charge is 2.24. The van der Waals surface area contributed by atoms with Gasteiger partial charge in [-0.25, -0.2) is 9.97 Å². The lowest BCUT2D eigenvalue weighted by Crippen LogP contribution is -2.15. The zero-order chi connectivity index (χ0) is 13.7. The summed E-state index contributed by atoms with van der Waals surface area (Å²) in [6.07, 6.45) is 3.73. The third-order valence-corrected chi connectivity index (χ3v) is 3.02. The molecule has 1 unspecified atom stereocenters. The topological polar surface area (TPSA) is 52.1 Å². The van der Waals surface area contributed by atoms with E-state index in [2.05, 4.69) is 9.97 Å². The number of hydrogen-bond donors (Lipinski definition) is 0. The van der Waals surface area contributed by atoms with Crippen LogP contribution in [-0.4, -0.2) is 22.9 Å². The molecule has 1 aromatic carbocycles. The quantitative estimate of drug-likeness (QED) is 0.772. The number of hydrogen-bond acceptors (Lipinski definition) is 4. The second kappa shape index (κ2) is 6.09. The molecule has 1 aromatic heterocycles. The summed E-state index contributed by atoms with van der Waals surface area (Å²) in [5, 5.41) is 0. The first-order valence-corrected chi connectivity index (χ1v) is 6.22. The zero-order valence-corrected chi connectivity index (χ0v) is 11.0. The lowest BCUT2D eigenvalue weighted by atomic mass is 9.90. The number of carbonyl (C=O) groups excluding carboxylic acids is 1. The first-order chi connectivity index (χ1) is 9.27. The van der Waals surface area contributed by atoms with Crippen molar-refractivity contribution in [2.24, 2.45) is 0 Å². The molecule has 0 N–H and O–H groups in total. The molecule has 0 aliphatic carbocycles. The van der Waals surface area contributed by atoms with Gasteiger partial charge in [0.25, 0.3) is 0 Å². The zero-order valence-electron chi connectivity index (χ0n) is 11.0. The van der Waals surface area contributed by atoms with Crippen molar-refractivity contribution in [3.05, 3.63) is 54.0 Å². The SMILES string of the molecule is CCC(C(=O)c1nccnc1OC)c1ccccc1. The number of methoxy groups -OCH3 is 1. The van der Waals surface area contributed by atoms with Crippen LogP contribution in [0.15, 0.2) is 42.7 Å². The molecule has 0 aliphatic rings. The van der Waals surface area contributed by atoms with Gasteiger partial charge in [0, 0.05) is 18.3 Å². The third-order valence-electron chi connectivity index (χ3n) is 3.02. The first-order valence-electron chi connectivity index (χ1n) is 6.22.